The van der Waals surface area contributed by atoms with Gasteiger partial charge in [0, 0.05) is 6.08 Å². The standard InChI is InChI=1S/C15H12N2O3/c18-14-10-17(13-6-2-1-5-12(13)16-14)15(19)8-7-11-4-3-9-20-11/h1-9H,10H2,(H,16,18). The molecule has 0 spiro atoms. The molecule has 1 aromatic heterocycles. The molecule has 1 aliphatic heterocycles. The van der Waals surface area contributed by atoms with E-state index in [1.54, 1.807) is 30.3 Å². The highest BCUT2D eigenvalue weighted by molar-refractivity contribution is 6.13. The van der Waals surface area contributed by atoms with Gasteiger partial charge in [0.25, 0.3) is 5.91 Å². The van der Waals surface area contributed by atoms with Crippen LogP contribution in [-0.4, -0.2) is 18.4 Å². The second-order valence-corrected chi connectivity index (χ2v) is 4.34. The zero-order chi connectivity index (χ0) is 13.9. The van der Waals surface area contributed by atoms with Gasteiger partial charge in [0.05, 0.1) is 17.6 Å². The molecule has 1 N–H and O–H groups in total. The lowest BCUT2D eigenvalue weighted by Gasteiger charge is -2.28. The van der Waals surface area contributed by atoms with Crippen LogP contribution in [0.15, 0.2) is 53.2 Å². The number of benzene rings is 1. The number of hydrogen-bond donors (Lipinski definition) is 1. The summed E-state index contributed by atoms with van der Waals surface area (Å²) in [6.07, 6.45) is 4.51. The number of hydrogen-bond acceptors (Lipinski definition) is 3. The van der Waals surface area contributed by atoms with Crippen LogP contribution in [0, 0.1) is 0 Å². The minimum absolute atomic E-state index is 0.0122. The van der Waals surface area contributed by atoms with E-state index < -0.39 is 0 Å². The molecule has 20 heavy (non-hydrogen) atoms. The van der Waals surface area contributed by atoms with Crippen LogP contribution in [0.1, 0.15) is 5.76 Å². The molecule has 0 atom stereocenters. The first kappa shape index (κ1) is 12.2. The first-order valence-corrected chi connectivity index (χ1v) is 6.16. The van der Waals surface area contributed by atoms with Gasteiger partial charge in [0.2, 0.25) is 5.91 Å². The molecule has 2 heterocycles. The van der Waals surface area contributed by atoms with Crippen LogP contribution in [0.3, 0.4) is 0 Å². The maximum absolute atomic E-state index is 12.2. The van der Waals surface area contributed by atoms with Gasteiger partial charge < -0.3 is 9.73 Å². The van der Waals surface area contributed by atoms with Crippen LogP contribution in [0.25, 0.3) is 6.08 Å². The second kappa shape index (κ2) is 5.05. The van der Waals surface area contributed by atoms with E-state index in [0.717, 1.165) is 0 Å². The fourth-order valence-electron chi connectivity index (χ4n) is 2.06. The van der Waals surface area contributed by atoms with E-state index in [2.05, 4.69) is 5.32 Å². The van der Waals surface area contributed by atoms with Gasteiger partial charge in [-0.2, -0.15) is 0 Å². The average molecular weight is 268 g/mol. The number of furan rings is 1. The van der Waals surface area contributed by atoms with Gasteiger partial charge in [0.15, 0.2) is 0 Å². The number of nitrogens with one attached hydrogen (secondary N) is 1. The van der Waals surface area contributed by atoms with Crippen LogP contribution < -0.4 is 10.2 Å². The van der Waals surface area contributed by atoms with Gasteiger partial charge in [0.1, 0.15) is 12.3 Å². The minimum atomic E-state index is -0.260. The first-order chi connectivity index (χ1) is 9.74. The summed E-state index contributed by atoms with van der Waals surface area (Å²) in [5.41, 5.74) is 1.34. The Morgan fingerprint density at radius 2 is 2.10 bits per heavy atom. The number of amides is 2. The van der Waals surface area contributed by atoms with E-state index in [0.29, 0.717) is 17.1 Å². The van der Waals surface area contributed by atoms with Crippen molar-refractivity contribution in [2.75, 3.05) is 16.8 Å². The number of fused-ring (bicyclic) bond motifs is 1. The summed E-state index contributed by atoms with van der Waals surface area (Å²) in [7, 11) is 0. The van der Waals surface area contributed by atoms with Crippen molar-refractivity contribution >= 4 is 29.3 Å². The molecular formula is C15H12N2O3. The highest BCUT2D eigenvalue weighted by Gasteiger charge is 2.25. The molecule has 1 aromatic carbocycles. The zero-order valence-corrected chi connectivity index (χ0v) is 10.6. The number of carbonyl (C=O) groups excluding carboxylic acids is 2. The Kier molecular flexibility index (Phi) is 3.09. The SMILES string of the molecule is O=C1CN(C(=O)C=Cc2ccco2)c2ccccc2N1. The largest absolute Gasteiger partial charge is 0.465 e. The third kappa shape index (κ3) is 2.33. The fourth-order valence-corrected chi connectivity index (χ4v) is 2.06. The number of nitrogens with zero attached hydrogens (tertiary/aromatic N) is 1. The number of anilines is 2. The molecule has 0 saturated carbocycles. The van der Waals surface area contributed by atoms with Crippen LogP contribution in [0.4, 0.5) is 11.4 Å². The topological polar surface area (TPSA) is 62.6 Å². The predicted octanol–water partition coefficient (Wildman–Crippen LogP) is 2.28. The van der Waals surface area contributed by atoms with E-state index in [1.807, 2.05) is 12.1 Å². The summed E-state index contributed by atoms with van der Waals surface area (Å²) in [5.74, 6) is 0.125. The first-order valence-electron chi connectivity index (χ1n) is 6.16. The van der Waals surface area contributed by atoms with Crippen molar-refractivity contribution in [3.05, 3.63) is 54.5 Å². The fraction of sp³-hybridized carbons (Fsp3) is 0.0667. The molecule has 0 bridgehead atoms. The van der Waals surface area contributed by atoms with Crippen molar-refractivity contribution in [3.8, 4) is 0 Å². The van der Waals surface area contributed by atoms with Crippen molar-refractivity contribution in [2.24, 2.45) is 0 Å². The third-order valence-corrected chi connectivity index (χ3v) is 2.97. The quantitative estimate of drug-likeness (QED) is 0.850. The molecule has 2 amide bonds. The van der Waals surface area contributed by atoms with Crippen LogP contribution in [0.5, 0.6) is 0 Å². The highest BCUT2D eigenvalue weighted by atomic mass is 16.3. The molecule has 0 aliphatic carbocycles. The Morgan fingerprint density at radius 3 is 2.90 bits per heavy atom. The lowest BCUT2D eigenvalue weighted by molar-refractivity contribution is -0.119. The maximum Gasteiger partial charge on any atom is 0.251 e. The molecule has 100 valence electrons. The van der Waals surface area contributed by atoms with Crippen LogP contribution >= 0.6 is 0 Å². The Bertz CT molecular complexity index is 674. The predicted molar refractivity (Wildman–Crippen MR) is 75.2 cm³/mol. The summed E-state index contributed by atoms with van der Waals surface area (Å²) in [6.45, 7) is 0.0122. The molecule has 2 aromatic rings. The van der Waals surface area contributed by atoms with E-state index in [9.17, 15) is 9.59 Å². The molecule has 0 saturated heterocycles. The molecule has 1 aliphatic rings. The van der Waals surface area contributed by atoms with Gasteiger partial charge in [-0.1, -0.05) is 12.1 Å². The van der Waals surface area contributed by atoms with Gasteiger partial charge in [-0.05, 0) is 30.3 Å². The lowest BCUT2D eigenvalue weighted by Crippen LogP contribution is -2.41. The molecule has 5 nitrogen and oxygen atoms in total. The maximum atomic E-state index is 12.2. The van der Waals surface area contributed by atoms with Crippen molar-refractivity contribution in [2.45, 2.75) is 0 Å². The normalized spacial score (nSPS) is 14.2. The molecule has 5 heteroatoms. The van der Waals surface area contributed by atoms with Gasteiger partial charge in [-0.25, -0.2) is 0 Å². The smallest absolute Gasteiger partial charge is 0.251 e. The van der Waals surface area contributed by atoms with Crippen LogP contribution in [0.2, 0.25) is 0 Å². The third-order valence-electron chi connectivity index (χ3n) is 2.97. The molecule has 3 rings (SSSR count). The minimum Gasteiger partial charge on any atom is -0.465 e. The van der Waals surface area contributed by atoms with E-state index >= 15 is 0 Å². The van der Waals surface area contributed by atoms with E-state index in [1.165, 1.54) is 17.2 Å². The van der Waals surface area contributed by atoms with E-state index in [4.69, 9.17) is 4.42 Å². The Labute approximate surface area is 115 Å². The van der Waals surface area contributed by atoms with E-state index in [-0.39, 0.29) is 18.4 Å². The van der Waals surface area contributed by atoms with Gasteiger partial charge in [-0.15, -0.1) is 0 Å². The zero-order valence-electron chi connectivity index (χ0n) is 10.6. The molecule has 0 unspecified atom stereocenters. The summed E-state index contributed by atoms with van der Waals surface area (Å²) >= 11 is 0. The summed E-state index contributed by atoms with van der Waals surface area (Å²) < 4.78 is 5.12. The molecule has 0 radical (unpaired) electrons. The van der Waals surface area contributed by atoms with Crippen LogP contribution in [-0.2, 0) is 9.59 Å². The Balaban J connectivity index is 1.86. The molecule has 0 fully saturated rings. The van der Waals surface area contributed by atoms with Gasteiger partial charge in [-0.3, -0.25) is 14.5 Å². The lowest BCUT2D eigenvalue weighted by atomic mass is 10.2. The molecular weight excluding hydrogens is 256 g/mol. The second-order valence-electron chi connectivity index (χ2n) is 4.34. The van der Waals surface area contributed by atoms with Crippen molar-refractivity contribution in [1.82, 2.24) is 0 Å². The highest BCUT2D eigenvalue weighted by Crippen LogP contribution is 2.29. The van der Waals surface area contributed by atoms with Gasteiger partial charge >= 0.3 is 0 Å². The van der Waals surface area contributed by atoms with Crippen molar-refractivity contribution in [3.63, 3.8) is 0 Å². The Hall–Kier alpha value is -2.82. The summed E-state index contributed by atoms with van der Waals surface area (Å²) in [4.78, 5) is 25.3. The summed E-state index contributed by atoms with van der Waals surface area (Å²) in [6, 6.07) is 10.7. The number of para-hydroxylation sites is 2. The Morgan fingerprint density at radius 1 is 1.25 bits per heavy atom. The van der Waals surface area contributed by atoms with Crippen molar-refractivity contribution < 1.29 is 14.0 Å². The average Bonchev–Trinajstić information content (AvgIpc) is 2.97. The van der Waals surface area contributed by atoms with Crippen molar-refractivity contribution in [1.29, 1.82) is 0 Å². The summed E-state index contributed by atoms with van der Waals surface area (Å²) in [5, 5.41) is 2.74. The monoisotopic (exact) mass is 268 g/mol. The number of rotatable bonds is 2. The number of carbonyl (C=O) groups is 2.